The number of rotatable bonds is 3. The van der Waals surface area contributed by atoms with Crippen LogP contribution in [0.15, 0.2) is 18.2 Å². The van der Waals surface area contributed by atoms with Crippen molar-refractivity contribution in [3.63, 3.8) is 0 Å². The molecule has 3 aliphatic heterocycles. The number of urea groups is 1. The molecule has 2 fully saturated rings. The van der Waals surface area contributed by atoms with Crippen LogP contribution in [-0.2, 0) is 9.53 Å². The van der Waals surface area contributed by atoms with E-state index in [4.69, 9.17) is 14.2 Å². The smallest absolute Gasteiger partial charge is 0.321 e. The Labute approximate surface area is 164 Å². The van der Waals surface area contributed by atoms with Crippen molar-refractivity contribution in [2.45, 2.75) is 13.3 Å². The molecule has 8 nitrogen and oxygen atoms in total. The summed E-state index contributed by atoms with van der Waals surface area (Å²) in [6.45, 7) is 5.89. The van der Waals surface area contributed by atoms with E-state index in [1.807, 2.05) is 21.9 Å². The number of piperidine rings is 1. The molecule has 0 aromatic heterocycles. The molecule has 4 rings (SSSR count). The van der Waals surface area contributed by atoms with Crippen LogP contribution >= 0.6 is 0 Å². The number of hydrogen-bond acceptors (Lipinski definition) is 5. The van der Waals surface area contributed by atoms with Crippen molar-refractivity contribution < 1.29 is 23.8 Å². The number of benzene rings is 1. The van der Waals surface area contributed by atoms with Crippen molar-refractivity contribution >= 4 is 17.6 Å². The van der Waals surface area contributed by atoms with Crippen LogP contribution < -0.4 is 14.8 Å². The average Bonchev–Trinajstić information content (AvgIpc) is 3.07. The van der Waals surface area contributed by atoms with Gasteiger partial charge < -0.3 is 29.3 Å². The van der Waals surface area contributed by atoms with E-state index in [2.05, 4.69) is 5.32 Å². The standard InChI is InChI=1S/C20H27N3O5/c1-14(24)23-11-15-10-22(6-5-20(15,12-23)13-26-2)19(25)21-16-3-4-17-18(9-16)28-8-7-27-17/h3-4,9,15H,5-8,10-13H2,1-2H3,(H,21,25)/t15-,20+/m1/s1. The fourth-order valence-corrected chi connectivity index (χ4v) is 4.55. The molecule has 1 N–H and O–H groups in total. The number of nitrogens with one attached hydrogen (secondary N) is 1. The van der Waals surface area contributed by atoms with Crippen LogP contribution in [0.5, 0.6) is 11.5 Å². The van der Waals surface area contributed by atoms with Crippen LogP contribution in [0.4, 0.5) is 10.5 Å². The number of carbonyl (C=O) groups excluding carboxylic acids is 2. The first kappa shape index (κ1) is 18.9. The second-order valence-electron chi connectivity index (χ2n) is 7.88. The highest BCUT2D eigenvalue weighted by molar-refractivity contribution is 5.90. The van der Waals surface area contributed by atoms with Crippen molar-refractivity contribution in [3.05, 3.63) is 18.2 Å². The number of anilines is 1. The zero-order valence-electron chi connectivity index (χ0n) is 16.4. The molecule has 0 bridgehead atoms. The summed E-state index contributed by atoms with van der Waals surface area (Å²) in [4.78, 5) is 28.4. The number of hydrogen-bond donors (Lipinski definition) is 1. The van der Waals surface area contributed by atoms with E-state index in [-0.39, 0.29) is 23.3 Å². The number of carbonyl (C=O) groups is 2. The molecule has 2 atom stereocenters. The Morgan fingerprint density at radius 1 is 1.21 bits per heavy atom. The van der Waals surface area contributed by atoms with Crippen molar-refractivity contribution in [1.82, 2.24) is 9.80 Å². The quantitative estimate of drug-likeness (QED) is 0.853. The molecule has 2 saturated heterocycles. The summed E-state index contributed by atoms with van der Waals surface area (Å²) >= 11 is 0. The van der Waals surface area contributed by atoms with Crippen LogP contribution in [0.25, 0.3) is 0 Å². The fourth-order valence-electron chi connectivity index (χ4n) is 4.55. The Bertz CT molecular complexity index is 770. The summed E-state index contributed by atoms with van der Waals surface area (Å²) in [7, 11) is 1.70. The topological polar surface area (TPSA) is 80.3 Å². The summed E-state index contributed by atoms with van der Waals surface area (Å²) < 4.78 is 16.6. The van der Waals surface area contributed by atoms with Gasteiger partial charge in [-0.25, -0.2) is 4.79 Å². The van der Waals surface area contributed by atoms with Gasteiger partial charge in [-0.2, -0.15) is 0 Å². The van der Waals surface area contributed by atoms with Crippen molar-refractivity contribution in [2.75, 3.05) is 58.4 Å². The van der Waals surface area contributed by atoms with E-state index in [0.29, 0.717) is 63.2 Å². The van der Waals surface area contributed by atoms with Gasteiger partial charge in [0.25, 0.3) is 0 Å². The molecule has 3 aliphatic rings. The highest BCUT2D eigenvalue weighted by Gasteiger charge is 2.50. The lowest BCUT2D eigenvalue weighted by atomic mass is 9.73. The van der Waals surface area contributed by atoms with E-state index >= 15 is 0 Å². The monoisotopic (exact) mass is 389 g/mol. The molecule has 152 valence electrons. The van der Waals surface area contributed by atoms with Crippen LogP contribution in [0.1, 0.15) is 13.3 Å². The maximum absolute atomic E-state index is 12.8. The summed E-state index contributed by atoms with van der Waals surface area (Å²) in [6, 6.07) is 5.28. The third-order valence-corrected chi connectivity index (χ3v) is 6.09. The van der Waals surface area contributed by atoms with E-state index < -0.39 is 0 Å². The summed E-state index contributed by atoms with van der Waals surface area (Å²) in [5.74, 6) is 1.64. The minimum atomic E-state index is -0.135. The van der Waals surface area contributed by atoms with Crippen LogP contribution in [0.2, 0.25) is 0 Å². The molecule has 8 heteroatoms. The molecule has 1 aromatic rings. The van der Waals surface area contributed by atoms with Crippen LogP contribution in [0.3, 0.4) is 0 Å². The van der Waals surface area contributed by atoms with Gasteiger partial charge in [0.1, 0.15) is 13.2 Å². The fraction of sp³-hybridized carbons (Fsp3) is 0.600. The summed E-state index contributed by atoms with van der Waals surface area (Å²) in [5, 5.41) is 2.96. The maximum Gasteiger partial charge on any atom is 0.321 e. The van der Waals surface area contributed by atoms with Gasteiger partial charge in [-0.1, -0.05) is 0 Å². The number of amides is 3. The van der Waals surface area contributed by atoms with E-state index in [9.17, 15) is 9.59 Å². The third-order valence-electron chi connectivity index (χ3n) is 6.09. The van der Waals surface area contributed by atoms with Gasteiger partial charge in [0.2, 0.25) is 5.91 Å². The number of fused-ring (bicyclic) bond motifs is 2. The molecule has 1 aromatic carbocycles. The lowest BCUT2D eigenvalue weighted by Crippen LogP contribution is -2.51. The van der Waals surface area contributed by atoms with Gasteiger partial charge in [0, 0.05) is 63.3 Å². The zero-order valence-corrected chi connectivity index (χ0v) is 16.4. The van der Waals surface area contributed by atoms with Crippen LogP contribution in [-0.4, -0.2) is 74.8 Å². The Morgan fingerprint density at radius 2 is 1.96 bits per heavy atom. The third kappa shape index (κ3) is 3.48. The van der Waals surface area contributed by atoms with Crippen molar-refractivity contribution in [3.8, 4) is 11.5 Å². The number of ether oxygens (including phenoxy) is 3. The normalized spacial score (nSPS) is 26.0. The van der Waals surface area contributed by atoms with Crippen molar-refractivity contribution in [1.29, 1.82) is 0 Å². The zero-order chi connectivity index (χ0) is 19.7. The molecular weight excluding hydrogens is 362 g/mol. The molecule has 0 aliphatic carbocycles. The summed E-state index contributed by atoms with van der Waals surface area (Å²) in [6.07, 6.45) is 0.823. The van der Waals surface area contributed by atoms with Gasteiger partial charge in [0.15, 0.2) is 11.5 Å². The SMILES string of the molecule is COC[C@@]12CCN(C(=O)Nc3ccc4c(c3)OCCO4)C[C@@H]1CN(C(C)=O)C2. The molecule has 0 unspecified atom stereocenters. The van der Waals surface area contributed by atoms with Gasteiger partial charge in [-0.05, 0) is 18.6 Å². The second kappa shape index (κ2) is 7.50. The first-order chi connectivity index (χ1) is 13.5. The highest BCUT2D eigenvalue weighted by Crippen LogP contribution is 2.43. The van der Waals surface area contributed by atoms with Crippen LogP contribution in [0, 0.1) is 11.3 Å². The van der Waals surface area contributed by atoms with E-state index in [0.717, 1.165) is 6.42 Å². The Balaban J connectivity index is 1.43. The minimum absolute atomic E-state index is 0.0613. The number of methoxy groups -OCH3 is 1. The van der Waals surface area contributed by atoms with E-state index in [1.165, 1.54) is 0 Å². The minimum Gasteiger partial charge on any atom is -0.486 e. The molecular formula is C20H27N3O5. The Hall–Kier alpha value is -2.48. The number of nitrogens with zero attached hydrogens (tertiary/aromatic N) is 2. The molecule has 0 saturated carbocycles. The first-order valence-corrected chi connectivity index (χ1v) is 9.71. The second-order valence-corrected chi connectivity index (χ2v) is 7.88. The molecule has 0 radical (unpaired) electrons. The highest BCUT2D eigenvalue weighted by atomic mass is 16.6. The molecule has 3 amide bonds. The maximum atomic E-state index is 12.8. The summed E-state index contributed by atoms with van der Waals surface area (Å²) in [5.41, 5.74) is 0.619. The van der Waals surface area contributed by atoms with Gasteiger partial charge in [-0.3, -0.25) is 4.79 Å². The van der Waals surface area contributed by atoms with E-state index in [1.54, 1.807) is 20.1 Å². The van der Waals surface area contributed by atoms with Gasteiger partial charge >= 0.3 is 6.03 Å². The lowest BCUT2D eigenvalue weighted by Gasteiger charge is -2.42. The molecule has 28 heavy (non-hydrogen) atoms. The number of likely N-dealkylation sites (tertiary alicyclic amines) is 2. The average molecular weight is 389 g/mol. The van der Waals surface area contributed by atoms with Crippen molar-refractivity contribution in [2.24, 2.45) is 11.3 Å². The first-order valence-electron chi connectivity index (χ1n) is 9.71. The molecule has 3 heterocycles. The van der Waals surface area contributed by atoms with Gasteiger partial charge in [0.05, 0.1) is 6.61 Å². The Kier molecular flexibility index (Phi) is 5.05. The predicted molar refractivity (Wildman–Crippen MR) is 103 cm³/mol. The Morgan fingerprint density at radius 3 is 2.71 bits per heavy atom. The lowest BCUT2D eigenvalue weighted by molar-refractivity contribution is -0.128. The molecule has 0 spiro atoms. The van der Waals surface area contributed by atoms with Gasteiger partial charge in [-0.15, -0.1) is 0 Å². The largest absolute Gasteiger partial charge is 0.486 e. The predicted octanol–water partition coefficient (Wildman–Crippen LogP) is 1.81.